The Labute approximate surface area is 146 Å². The van der Waals surface area contributed by atoms with Crippen LogP contribution in [0.3, 0.4) is 0 Å². The van der Waals surface area contributed by atoms with Crippen LogP contribution in [0, 0.1) is 0 Å². The molecule has 0 amide bonds. The lowest BCUT2D eigenvalue weighted by atomic mass is 10.0. The van der Waals surface area contributed by atoms with E-state index in [1.165, 1.54) is 5.56 Å². The highest BCUT2D eigenvalue weighted by Gasteiger charge is 2.18. The summed E-state index contributed by atoms with van der Waals surface area (Å²) in [7, 11) is 4.76. The van der Waals surface area contributed by atoms with E-state index in [0.717, 1.165) is 28.9 Å². The molecule has 2 aromatic carbocycles. The van der Waals surface area contributed by atoms with Crippen molar-refractivity contribution in [1.29, 1.82) is 0 Å². The average Bonchev–Trinajstić information content (AvgIpc) is 3.16. The van der Waals surface area contributed by atoms with Gasteiger partial charge in [-0.1, -0.05) is 36.4 Å². The minimum Gasteiger partial charge on any atom is -0.493 e. The summed E-state index contributed by atoms with van der Waals surface area (Å²) < 4.78 is 16.2. The lowest BCUT2D eigenvalue weighted by molar-refractivity contribution is 0.324. The smallest absolute Gasteiger partial charge is 0.203 e. The molecule has 6 nitrogen and oxygen atoms in total. The van der Waals surface area contributed by atoms with Crippen LogP contribution < -0.4 is 14.2 Å². The Hall–Kier alpha value is -3.02. The largest absolute Gasteiger partial charge is 0.493 e. The van der Waals surface area contributed by atoms with Gasteiger partial charge in [0, 0.05) is 11.1 Å². The molecule has 3 rings (SSSR count). The summed E-state index contributed by atoms with van der Waals surface area (Å²) in [6, 6.07) is 12.1. The van der Waals surface area contributed by atoms with E-state index in [1.54, 1.807) is 21.3 Å². The fourth-order valence-corrected chi connectivity index (χ4v) is 2.76. The van der Waals surface area contributed by atoms with Gasteiger partial charge in [-0.15, -0.1) is 5.10 Å². The first-order chi connectivity index (χ1) is 12.2. The van der Waals surface area contributed by atoms with Crippen molar-refractivity contribution in [2.24, 2.45) is 0 Å². The normalized spacial score (nSPS) is 10.6. The molecule has 1 heterocycles. The van der Waals surface area contributed by atoms with Crippen LogP contribution >= 0.6 is 0 Å². The van der Waals surface area contributed by atoms with Gasteiger partial charge in [-0.25, -0.2) is 0 Å². The highest BCUT2D eigenvalue weighted by Crippen LogP contribution is 2.42. The van der Waals surface area contributed by atoms with Crippen LogP contribution in [0.15, 0.2) is 36.4 Å². The molecule has 0 bridgehead atoms. The molecular formula is C19H21N3O3. The zero-order valence-corrected chi connectivity index (χ0v) is 14.8. The maximum absolute atomic E-state index is 5.43. The summed E-state index contributed by atoms with van der Waals surface area (Å²) in [5.74, 6) is 1.70. The molecule has 0 atom stereocenters. The molecule has 1 N–H and O–H groups in total. The van der Waals surface area contributed by atoms with Gasteiger partial charge in [0.1, 0.15) is 5.69 Å². The van der Waals surface area contributed by atoms with Gasteiger partial charge in [0.2, 0.25) is 5.75 Å². The van der Waals surface area contributed by atoms with Gasteiger partial charge >= 0.3 is 0 Å². The number of hydrogen-bond acceptors (Lipinski definition) is 5. The Kier molecular flexibility index (Phi) is 4.88. The zero-order valence-electron chi connectivity index (χ0n) is 14.8. The van der Waals surface area contributed by atoms with Gasteiger partial charge in [-0.3, -0.25) is 5.10 Å². The molecule has 0 saturated carbocycles. The Bertz CT molecular complexity index is 832. The van der Waals surface area contributed by atoms with E-state index in [2.05, 4.69) is 46.6 Å². The van der Waals surface area contributed by atoms with Crippen molar-refractivity contribution in [1.82, 2.24) is 15.4 Å². The molecule has 130 valence electrons. The highest BCUT2D eigenvalue weighted by atomic mass is 16.5. The second kappa shape index (κ2) is 7.25. The summed E-state index contributed by atoms with van der Waals surface area (Å²) in [6.45, 7) is 2.13. The number of methoxy groups -OCH3 is 3. The highest BCUT2D eigenvalue weighted by molar-refractivity contribution is 5.80. The average molecular weight is 339 g/mol. The van der Waals surface area contributed by atoms with E-state index in [0.29, 0.717) is 17.2 Å². The van der Waals surface area contributed by atoms with Crippen molar-refractivity contribution >= 4 is 0 Å². The van der Waals surface area contributed by atoms with Gasteiger partial charge in [-0.05, 0) is 24.1 Å². The van der Waals surface area contributed by atoms with Gasteiger partial charge in [0.05, 0.1) is 27.0 Å². The van der Waals surface area contributed by atoms with Crippen molar-refractivity contribution in [2.75, 3.05) is 21.3 Å². The Morgan fingerprint density at radius 1 is 0.880 bits per heavy atom. The molecule has 0 unspecified atom stereocenters. The number of nitrogens with one attached hydrogen (secondary N) is 1. The maximum Gasteiger partial charge on any atom is 0.203 e. The third kappa shape index (κ3) is 3.15. The second-order valence-corrected chi connectivity index (χ2v) is 5.50. The van der Waals surface area contributed by atoms with Gasteiger partial charge in [0.25, 0.3) is 0 Å². The lowest BCUT2D eigenvalue weighted by Gasteiger charge is -2.13. The first kappa shape index (κ1) is 16.8. The first-order valence-electron chi connectivity index (χ1n) is 8.02. The zero-order chi connectivity index (χ0) is 17.8. The minimum absolute atomic E-state index is 0.547. The molecule has 0 fully saturated rings. The molecule has 1 aromatic heterocycles. The number of ether oxygens (including phenoxy) is 3. The number of rotatable bonds is 6. The van der Waals surface area contributed by atoms with Crippen LogP contribution in [0.2, 0.25) is 0 Å². The van der Waals surface area contributed by atoms with E-state index < -0.39 is 0 Å². The quantitative estimate of drug-likeness (QED) is 0.741. The summed E-state index contributed by atoms with van der Waals surface area (Å²) in [6.07, 6.45) is 1.00. The topological polar surface area (TPSA) is 69.3 Å². The Morgan fingerprint density at radius 3 is 2.04 bits per heavy atom. The van der Waals surface area contributed by atoms with Gasteiger partial charge in [0.15, 0.2) is 11.5 Å². The first-order valence-corrected chi connectivity index (χ1v) is 8.02. The number of aromatic amines is 1. The van der Waals surface area contributed by atoms with Crippen LogP contribution in [0.25, 0.3) is 22.5 Å². The predicted octanol–water partition coefficient (Wildman–Crippen LogP) is 3.73. The van der Waals surface area contributed by atoms with Crippen LogP contribution in [-0.2, 0) is 6.42 Å². The molecule has 0 spiro atoms. The van der Waals surface area contributed by atoms with Crippen molar-refractivity contribution < 1.29 is 14.2 Å². The van der Waals surface area contributed by atoms with Crippen LogP contribution in [0.1, 0.15) is 12.5 Å². The summed E-state index contributed by atoms with van der Waals surface area (Å²) in [4.78, 5) is 0. The molecule has 0 aliphatic carbocycles. The van der Waals surface area contributed by atoms with E-state index in [9.17, 15) is 0 Å². The molecule has 0 saturated heterocycles. The minimum atomic E-state index is 0.547. The van der Waals surface area contributed by atoms with E-state index >= 15 is 0 Å². The summed E-state index contributed by atoms with van der Waals surface area (Å²) >= 11 is 0. The fraction of sp³-hybridized carbons (Fsp3) is 0.263. The number of aryl methyl sites for hydroxylation is 1. The molecule has 0 radical (unpaired) electrons. The number of H-pyrrole nitrogens is 1. The Balaban J connectivity index is 2.10. The number of hydrogen-bond donors (Lipinski definition) is 1. The second-order valence-electron chi connectivity index (χ2n) is 5.50. The monoisotopic (exact) mass is 339 g/mol. The number of benzene rings is 2. The predicted molar refractivity (Wildman–Crippen MR) is 96.3 cm³/mol. The van der Waals surface area contributed by atoms with Gasteiger partial charge < -0.3 is 14.2 Å². The maximum atomic E-state index is 5.43. The molecule has 0 aliphatic rings. The SMILES string of the molecule is CCc1ccc(-c2[nH]nnc2-c2cc(OC)c(OC)c(OC)c2)cc1. The molecular weight excluding hydrogens is 318 g/mol. The van der Waals surface area contributed by atoms with E-state index in [-0.39, 0.29) is 0 Å². The van der Waals surface area contributed by atoms with Crippen molar-refractivity contribution in [3.63, 3.8) is 0 Å². The third-order valence-corrected chi connectivity index (χ3v) is 4.14. The fourth-order valence-electron chi connectivity index (χ4n) is 2.76. The molecule has 6 heteroatoms. The number of aromatic nitrogens is 3. The van der Waals surface area contributed by atoms with Crippen LogP contribution in [0.4, 0.5) is 0 Å². The van der Waals surface area contributed by atoms with Crippen molar-refractivity contribution in [2.45, 2.75) is 13.3 Å². The molecule has 3 aromatic rings. The number of nitrogens with zero attached hydrogens (tertiary/aromatic N) is 2. The lowest BCUT2D eigenvalue weighted by Crippen LogP contribution is -1.96. The third-order valence-electron chi connectivity index (χ3n) is 4.14. The van der Waals surface area contributed by atoms with Crippen LogP contribution in [-0.4, -0.2) is 36.7 Å². The Morgan fingerprint density at radius 2 is 1.52 bits per heavy atom. The van der Waals surface area contributed by atoms with E-state index in [4.69, 9.17) is 14.2 Å². The molecule has 0 aliphatic heterocycles. The summed E-state index contributed by atoms with van der Waals surface area (Å²) in [5, 5.41) is 11.2. The van der Waals surface area contributed by atoms with Gasteiger partial charge in [-0.2, -0.15) is 0 Å². The van der Waals surface area contributed by atoms with Crippen molar-refractivity contribution in [3.8, 4) is 39.8 Å². The standard InChI is InChI=1S/C19H21N3O3/c1-5-12-6-8-13(9-7-12)17-18(21-22-20-17)14-10-15(23-2)19(25-4)16(11-14)24-3/h6-11H,5H2,1-4H3,(H,20,21,22). The van der Waals surface area contributed by atoms with Crippen LogP contribution in [0.5, 0.6) is 17.2 Å². The summed E-state index contributed by atoms with van der Waals surface area (Å²) in [5.41, 5.74) is 4.70. The van der Waals surface area contributed by atoms with E-state index in [1.807, 2.05) is 12.1 Å². The van der Waals surface area contributed by atoms with Crippen molar-refractivity contribution in [3.05, 3.63) is 42.0 Å². The molecule has 25 heavy (non-hydrogen) atoms.